The smallest absolute Gasteiger partial charge is 0.389 e. The van der Waals surface area contributed by atoms with Crippen LogP contribution >= 0.6 is 0 Å². The molecule has 0 aromatic carbocycles. The van der Waals surface area contributed by atoms with Crippen molar-refractivity contribution < 1.29 is 23.0 Å². The third-order valence-corrected chi connectivity index (χ3v) is 3.84. The highest BCUT2D eigenvalue weighted by atomic mass is 19.4. The van der Waals surface area contributed by atoms with Crippen LogP contribution in [0.15, 0.2) is 18.4 Å². The van der Waals surface area contributed by atoms with Crippen molar-refractivity contribution in [2.24, 2.45) is 0 Å². The highest BCUT2D eigenvalue weighted by Gasteiger charge is 2.33. The normalized spacial score (nSPS) is 21.3. The van der Waals surface area contributed by atoms with Crippen molar-refractivity contribution in [1.82, 2.24) is 15.0 Å². The van der Waals surface area contributed by atoms with Crippen molar-refractivity contribution in [3.8, 4) is 0 Å². The van der Waals surface area contributed by atoms with E-state index in [-0.39, 0.29) is 23.8 Å². The van der Waals surface area contributed by atoms with Crippen molar-refractivity contribution in [2.45, 2.75) is 37.6 Å². The monoisotopic (exact) mass is 357 g/mol. The van der Waals surface area contributed by atoms with Crippen LogP contribution in [-0.2, 0) is 4.74 Å². The third-order valence-electron chi connectivity index (χ3n) is 3.84. The Bertz CT molecular complexity index is 688. The second-order valence-corrected chi connectivity index (χ2v) is 5.94. The lowest BCUT2D eigenvalue weighted by Gasteiger charge is -2.27. The van der Waals surface area contributed by atoms with E-state index in [0.717, 1.165) is 6.42 Å². The predicted molar refractivity (Wildman–Crippen MR) is 84.7 cm³/mol. The summed E-state index contributed by atoms with van der Waals surface area (Å²) >= 11 is 0. The first-order chi connectivity index (χ1) is 11.8. The number of anilines is 2. The second kappa shape index (κ2) is 6.96. The van der Waals surface area contributed by atoms with Gasteiger partial charge in [0.1, 0.15) is 5.70 Å². The van der Waals surface area contributed by atoms with Crippen LogP contribution in [0.2, 0.25) is 0 Å². The Kier molecular flexibility index (Phi) is 4.91. The van der Waals surface area contributed by atoms with Crippen LogP contribution in [0, 0.1) is 0 Å². The summed E-state index contributed by atoms with van der Waals surface area (Å²) in [5, 5.41) is 14.8. The lowest BCUT2D eigenvalue weighted by Crippen LogP contribution is -2.40. The van der Waals surface area contributed by atoms with E-state index in [4.69, 9.17) is 4.74 Å². The SMILES string of the molecule is C=C(Nc1nc(NC2COC2)nc(C2=CC(O)CCC2)n1)C(F)(F)F. The molecule has 1 unspecified atom stereocenters. The Morgan fingerprint density at radius 3 is 2.56 bits per heavy atom. The van der Waals surface area contributed by atoms with Crippen molar-refractivity contribution in [3.63, 3.8) is 0 Å². The zero-order valence-electron chi connectivity index (χ0n) is 13.3. The predicted octanol–water partition coefficient (Wildman–Crippen LogP) is 2.10. The summed E-state index contributed by atoms with van der Waals surface area (Å²) in [4.78, 5) is 12.3. The van der Waals surface area contributed by atoms with Crippen LogP contribution in [0.1, 0.15) is 25.1 Å². The minimum Gasteiger partial charge on any atom is -0.389 e. The van der Waals surface area contributed by atoms with Crippen LogP contribution in [0.25, 0.3) is 5.57 Å². The van der Waals surface area contributed by atoms with E-state index in [9.17, 15) is 18.3 Å². The van der Waals surface area contributed by atoms with Crippen LogP contribution in [0.5, 0.6) is 0 Å². The largest absolute Gasteiger partial charge is 0.430 e. The molecule has 2 aliphatic rings. The zero-order valence-corrected chi connectivity index (χ0v) is 13.3. The molecule has 1 aliphatic carbocycles. The minimum atomic E-state index is -4.61. The van der Waals surface area contributed by atoms with Gasteiger partial charge in [-0.25, -0.2) is 0 Å². The molecule has 136 valence electrons. The molecule has 1 atom stereocenters. The van der Waals surface area contributed by atoms with Crippen LogP contribution < -0.4 is 10.6 Å². The summed E-state index contributed by atoms with van der Waals surface area (Å²) < 4.78 is 43.2. The Morgan fingerprint density at radius 1 is 1.24 bits per heavy atom. The molecule has 0 amide bonds. The quantitative estimate of drug-likeness (QED) is 0.743. The molecular formula is C15H18F3N5O2. The number of aliphatic hydroxyl groups excluding tert-OH is 1. The second-order valence-electron chi connectivity index (χ2n) is 5.94. The van der Waals surface area contributed by atoms with Gasteiger partial charge in [-0.3, -0.25) is 0 Å². The summed E-state index contributed by atoms with van der Waals surface area (Å²) in [5.74, 6) is 0.127. The summed E-state index contributed by atoms with van der Waals surface area (Å²) in [6.07, 6.45) is -1.59. The molecule has 3 N–H and O–H groups in total. The number of alkyl halides is 3. The molecule has 25 heavy (non-hydrogen) atoms. The van der Waals surface area contributed by atoms with Crippen molar-refractivity contribution >= 4 is 17.5 Å². The van der Waals surface area contributed by atoms with Gasteiger partial charge in [0.15, 0.2) is 5.82 Å². The molecule has 0 saturated carbocycles. The molecule has 1 fully saturated rings. The molecule has 2 heterocycles. The average molecular weight is 357 g/mol. The van der Waals surface area contributed by atoms with Gasteiger partial charge in [-0.15, -0.1) is 0 Å². The number of halogens is 3. The van der Waals surface area contributed by atoms with E-state index >= 15 is 0 Å². The van der Waals surface area contributed by atoms with Gasteiger partial charge >= 0.3 is 6.18 Å². The number of ether oxygens (including phenoxy) is 1. The van der Waals surface area contributed by atoms with Gasteiger partial charge < -0.3 is 20.5 Å². The molecule has 3 rings (SSSR count). The maximum atomic E-state index is 12.7. The molecule has 1 aromatic rings. The van der Waals surface area contributed by atoms with Crippen LogP contribution in [-0.4, -0.2) is 51.6 Å². The van der Waals surface area contributed by atoms with Crippen molar-refractivity contribution in [2.75, 3.05) is 23.8 Å². The average Bonchev–Trinajstić information content (AvgIpc) is 2.50. The number of nitrogens with zero attached hydrogens (tertiary/aromatic N) is 3. The summed E-state index contributed by atoms with van der Waals surface area (Å²) in [6.45, 7) is 3.91. The van der Waals surface area contributed by atoms with Crippen molar-refractivity contribution in [3.05, 3.63) is 24.2 Å². The maximum Gasteiger partial charge on any atom is 0.430 e. The number of nitrogens with one attached hydrogen (secondary N) is 2. The molecule has 1 aromatic heterocycles. The van der Waals surface area contributed by atoms with E-state index in [1.807, 2.05) is 0 Å². The van der Waals surface area contributed by atoms with Gasteiger partial charge in [-0.05, 0) is 30.9 Å². The Morgan fingerprint density at radius 2 is 1.96 bits per heavy atom. The first-order valence-corrected chi connectivity index (χ1v) is 7.84. The van der Waals surface area contributed by atoms with Gasteiger partial charge in [-0.1, -0.05) is 6.58 Å². The van der Waals surface area contributed by atoms with E-state index in [0.29, 0.717) is 31.6 Å². The molecule has 1 saturated heterocycles. The molecule has 0 bridgehead atoms. The van der Waals surface area contributed by atoms with Crippen molar-refractivity contribution in [1.29, 1.82) is 0 Å². The summed E-state index contributed by atoms with van der Waals surface area (Å²) in [6, 6.07) is -0.000145. The van der Waals surface area contributed by atoms with E-state index in [2.05, 4.69) is 32.2 Å². The van der Waals surface area contributed by atoms with Crippen LogP contribution in [0.3, 0.4) is 0 Å². The molecule has 1 aliphatic heterocycles. The first-order valence-electron chi connectivity index (χ1n) is 7.84. The van der Waals surface area contributed by atoms with Gasteiger partial charge in [0, 0.05) is 0 Å². The van der Waals surface area contributed by atoms with Gasteiger partial charge in [0.2, 0.25) is 11.9 Å². The number of aliphatic hydroxyl groups is 1. The van der Waals surface area contributed by atoms with E-state index < -0.39 is 18.0 Å². The van der Waals surface area contributed by atoms with Gasteiger partial charge in [-0.2, -0.15) is 28.1 Å². The van der Waals surface area contributed by atoms with E-state index in [1.54, 1.807) is 6.08 Å². The number of rotatable bonds is 5. The maximum absolute atomic E-state index is 12.7. The Labute approximate surface area is 142 Å². The molecule has 0 radical (unpaired) electrons. The highest BCUT2D eigenvalue weighted by molar-refractivity contribution is 5.63. The first kappa shape index (κ1) is 17.6. The van der Waals surface area contributed by atoms with Gasteiger partial charge in [0.05, 0.1) is 25.4 Å². The third kappa shape index (κ3) is 4.45. The molecule has 10 heteroatoms. The fourth-order valence-corrected chi connectivity index (χ4v) is 2.43. The Balaban J connectivity index is 1.89. The Hall–Kier alpha value is -2.20. The molecule has 7 nitrogen and oxygen atoms in total. The zero-order chi connectivity index (χ0) is 18.0. The van der Waals surface area contributed by atoms with E-state index in [1.165, 1.54) is 0 Å². The fourth-order valence-electron chi connectivity index (χ4n) is 2.43. The minimum absolute atomic E-state index is 0.000145. The van der Waals surface area contributed by atoms with Gasteiger partial charge in [0.25, 0.3) is 0 Å². The topological polar surface area (TPSA) is 92.2 Å². The lowest BCUT2D eigenvalue weighted by atomic mass is 9.97. The van der Waals surface area contributed by atoms with Crippen LogP contribution in [0.4, 0.5) is 25.1 Å². The molecular weight excluding hydrogens is 339 g/mol. The fraction of sp³-hybridized carbons (Fsp3) is 0.533. The highest BCUT2D eigenvalue weighted by Crippen LogP contribution is 2.28. The summed E-state index contributed by atoms with van der Waals surface area (Å²) in [7, 11) is 0. The lowest BCUT2D eigenvalue weighted by molar-refractivity contribution is -0.0899. The molecule has 0 spiro atoms. The number of hydrogen-bond acceptors (Lipinski definition) is 7. The standard InChI is InChI=1S/C15H18F3N5O2/c1-8(15(16,17)18)19-13-21-12(9-3-2-4-11(24)5-9)22-14(23-13)20-10-6-25-7-10/h5,10-11,24H,1-4,6-7H2,(H2,19,20,21,22,23). The number of hydrogen-bond donors (Lipinski definition) is 3. The number of allylic oxidation sites excluding steroid dienone is 2. The summed E-state index contributed by atoms with van der Waals surface area (Å²) in [5.41, 5.74) is -0.491. The number of aromatic nitrogens is 3.